The molecule has 0 saturated carbocycles. The number of hydrogen-bond donors (Lipinski definition) is 1. The van der Waals surface area contributed by atoms with Gasteiger partial charge in [0.15, 0.2) is 9.84 Å². The maximum Gasteiger partial charge on any atom is 0.236 e. The van der Waals surface area contributed by atoms with Crippen molar-refractivity contribution in [1.82, 2.24) is 15.1 Å². The molecule has 2 aliphatic heterocycles. The highest BCUT2D eigenvalue weighted by Crippen LogP contribution is 2.26. The van der Waals surface area contributed by atoms with Gasteiger partial charge in [-0.2, -0.15) is 0 Å². The van der Waals surface area contributed by atoms with Crippen molar-refractivity contribution >= 4 is 27.1 Å². The highest BCUT2D eigenvalue weighted by atomic mass is 32.2. The normalized spacial score (nSPS) is 22.8. The molecule has 2 atom stereocenters. The average molecular weight is 452 g/mol. The molecule has 162 valence electrons. The first-order valence-electron chi connectivity index (χ1n) is 10.2. The maximum absolute atomic E-state index is 13.3. The van der Waals surface area contributed by atoms with Crippen LogP contribution in [0, 0.1) is 5.82 Å². The Hall–Kier alpha value is -1.81. The summed E-state index contributed by atoms with van der Waals surface area (Å²) < 4.78 is 36.8. The summed E-state index contributed by atoms with van der Waals surface area (Å²) in [7, 11) is -2.90. The third-order valence-electron chi connectivity index (χ3n) is 5.88. The van der Waals surface area contributed by atoms with Gasteiger partial charge in [0.25, 0.3) is 0 Å². The number of thiophene rings is 1. The molecule has 1 N–H and O–H groups in total. The van der Waals surface area contributed by atoms with Crippen LogP contribution in [0.2, 0.25) is 0 Å². The Morgan fingerprint density at radius 2 is 1.90 bits per heavy atom. The summed E-state index contributed by atoms with van der Waals surface area (Å²) in [6, 6.07) is 10.2. The minimum absolute atomic E-state index is 0.0253. The lowest BCUT2D eigenvalue weighted by Crippen LogP contribution is -2.53. The van der Waals surface area contributed by atoms with Crippen LogP contribution in [0.5, 0.6) is 0 Å². The number of sulfone groups is 1. The Balaban J connectivity index is 1.32. The molecular weight excluding hydrogens is 425 g/mol. The number of piperazine rings is 1. The summed E-state index contributed by atoms with van der Waals surface area (Å²) in [5, 5.41) is 5.32. The molecular formula is C21H26FN3O3S2. The van der Waals surface area contributed by atoms with Crippen molar-refractivity contribution in [2.75, 3.05) is 44.2 Å². The molecule has 3 heterocycles. The van der Waals surface area contributed by atoms with E-state index in [1.54, 1.807) is 23.5 Å². The Kier molecular flexibility index (Phi) is 6.52. The molecule has 2 aromatic rings. The van der Waals surface area contributed by atoms with E-state index >= 15 is 0 Å². The summed E-state index contributed by atoms with van der Waals surface area (Å²) in [6.07, 6.45) is 0.692. The van der Waals surface area contributed by atoms with Crippen LogP contribution in [0.3, 0.4) is 0 Å². The van der Waals surface area contributed by atoms with Crippen LogP contribution in [0.15, 0.2) is 41.8 Å². The van der Waals surface area contributed by atoms with Gasteiger partial charge in [-0.15, -0.1) is 11.3 Å². The van der Waals surface area contributed by atoms with Crippen molar-refractivity contribution in [3.63, 3.8) is 0 Å². The molecule has 1 aromatic carbocycles. The van der Waals surface area contributed by atoms with Crippen LogP contribution < -0.4 is 5.32 Å². The Morgan fingerprint density at radius 1 is 1.17 bits per heavy atom. The van der Waals surface area contributed by atoms with E-state index in [0.717, 1.165) is 10.4 Å². The fraction of sp³-hybridized carbons (Fsp3) is 0.476. The van der Waals surface area contributed by atoms with Gasteiger partial charge in [0.2, 0.25) is 5.91 Å². The number of nitrogens with zero attached hydrogens (tertiary/aromatic N) is 2. The first kappa shape index (κ1) is 21.4. The lowest BCUT2D eigenvalue weighted by molar-refractivity contribution is -0.132. The van der Waals surface area contributed by atoms with Crippen molar-refractivity contribution in [2.45, 2.75) is 18.5 Å². The molecule has 1 amide bonds. The Bertz CT molecular complexity index is 956. The number of benzene rings is 1. The number of nitrogens with one attached hydrogen (secondary N) is 1. The van der Waals surface area contributed by atoms with Gasteiger partial charge in [-0.05, 0) is 35.6 Å². The quantitative estimate of drug-likeness (QED) is 0.727. The van der Waals surface area contributed by atoms with E-state index < -0.39 is 9.84 Å². The fourth-order valence-corrected chi connectivity index (χ4v) is 6.78. The number of hydrogen-bond acceptors (Lipinski definition) is 6. The van der Waals surface area contributed by atoms with Gasteiger partial charge in [0.05, 0.1) is 24.1 Å². The molecule has 9 heteroatoms. The van der Waals surface area contributed by atoms with Crippen LogP contribution in [-0.2, 0) is 14.6 Å². The van der Waals surface area contributed by atoms with Crippen LogP contribution in [0.25, 0.3) is 0 Å². The number of amides is 1. The molecule has 30 heavy (non-hydrogen) atoms. The van der Waals surface area contributed by atoms with Crippen LogP contribution >= 0.6 is 11.3 Å². The third-order valence-corrected chi connectivity index (χ3v) is 8.57. The second-order valence-electron chi connectivity index (χ2n) is 7.85. The van der Waals surface area contributed by atoms with Crippen molar-refractivity contribution in [3.05, 3.63) is 58.0 Å². The van der Waals surface area contributed by atoms with Gasteiger partial charge in [-0.3, -0.25) is 15.0 Å². The molecule has 0 unspecified atom stereocenters. The first-order valence-corrected chi connectivity index (χ1v) is 12.9. The zero-order valence-electron chi connectivity index (χ0n) is 16.7. The standard InChI is InChI=1S/C21H26FN3O3S2/c22-17-5-3-16(4-6-17)21(19-2-1-12-29-19)23-14-20(26)25-10-8-24(9-11-25)18-7-13-30(27,28)15-18/h1-6,12,18,21,23H,7-11,13-15H2/t18-,21-/m1/s1. The summed E-state index contributed by atoms with van der Waals surface area (Å²) in [5.74, 6) is 0.252. The predicted molar refractivity (Wildman–Crippen MR) is 116 cm³/mol. The largest absolute Gasteiger partial charge is 0.339 e. The van der Waals surface area contributed by atoms with E-state index in [-0.39, 0.29) is 41.9 Å². The lowest BCUT2D eigenvalue weighted by atomic mass is 10.1. The number of carbonyl (C=O) groups excluding carboxylic acids is 1. The lowest BCUT2D eigenvalue weighted by Gasteiger charge is -2.37. The van der Waals surface area contributed by atoms with E-state index in [0.29, 0.717) is 32.6 Å². The molecule has 2 saturated heterocycles. The molecule has 4 rings (SSSR count). The van der Waals surface area contributed by atoms with Gasteiger partial charge in [0, 0.05) is 37.1 Å². The second kappa shape index (κ2) is 9.13. The average Bonchev–Trinajstić information content (AvgIpc) is 3.39. The molecule has 2 fully saturated rings. The van der Waals surface area contributed by atoms with Gasteiger partial charge in [-0.1, -0.05) is 18.2 Å². The van der Waals surface area contributed by atoms with E-state index in [4.69, 9.17) is 0 Å². The number of rotatable bonds is 6. The molecule has 2 aliphatic rings. The van der Waals surface area contributed by atoms with Crippen molar-refractivity contribution in [2.24, 2.45) is 0 Å². The predicted octanol–water partition coefficient (Wildman–Crippen LogP) is 1.90. The minimum atomic E-state index is -2.90. The van der Waals surface area contributed by atoms with E-state index in [1.807, 2.05) is 22.4 Å². The van der Waals surface area contributed by atoms with E-state index in [1.165, 1.54) is 12.1 Å². The van der Waals surface area contributed by atoms with E-state index in [9.17, 15) is 17.6 Å². The molecule has 0 spiro atoms. The van der Waals surface area contributed by atoms with Gasteiger partial charge in [-0.25, -0.2) is 12.8 Å². The SMILES string of the molecule is O=C(CN[C@H](c1ccc(F)cc1)c1cccs1)N1CCN([C@@H]2CCS(=O)(=O)C2)CC1. The number of halogens is 1. The van der Waals surface area contributed by atoms with Gasteiger partial charge in [0.1, 0.15) is 5.82 Å². The van der Waals surface area contributed by atoms with Crippen LogP contribution in [0.1, 0.15) is 22.9 Å². The zero-order valence-corrected chi connectivity index (χ0v) is 18.3. The van der Waals surface area contributed by atoms with Crippen LogP contribution in [0.4, 0.5) is 4.39 Å². The monoisotopic (exact) mass is 451 g/mol. The van der Waals surface area contributed by atoms with Crippen molar-refractivity contribution in [3.8, 4) is 0 Å². The highest BCUT2D eigenvalue weighted by molar-refractivity contribution is 7.91. The smallest absolute Gasteiger partial charge is 0.236 e. The summed E-state index contributed by atoms with van der Waals surface area (Å²) in [5.41, 5.74) is 0.916. The Morgan fingerprint density at radius 3 is 2.50 bits per heavy atom. The van der Waals surface area contributed by atoms with Crippen LogP contribution in [-0.4, -0.2) is 74.4 Å². The molecule has 1 aromatic heterocycles. The molecule has 0 bridgehead atoms. The molecule has 0 aliphatic carbocycles. The molecule has 6 nitrogen and oxygen atoms in total. The first-order chi connectivity index (χ1) is 14.4. The zero-order chi connectivity index (χ0) is 21.1. The van der Waals surface area contributed by atoms with Crippen molar-refractivity contribution in [1.29, 1.82) is 0 Å². The summed E-state index contributed by atoms with van der Waals surface area (Å²) >= 11 is 1.59. The summed E-state index contributed by atoms with van der Waals surface area (Å²) in [6.45, 7) is 2.82. The van der Waals surface area contributed by atoms with Gasteiger partial charge < -0.3 is 4.90 Å². The fourth-order valence-electron chi connectivity index (χ4n) is 4.19. The second-order valence-corrected chi connectivity index (χ2v) is 11.1. The topological polar surface area (TPSA) is 69.7 Å². The summed E-state index contributed by atoms with van der Waals surface area (Å²) in [4.78, 5) is 17.9. The molecule has 0 radical (unpaired) electrons. The third kappa shape index (κ3) is 5.08. The highest BCUT2D eigenvalue weighted by Gasteiger charge is 2.34. The Labute approximate surface area is 180 Å². The number of carbonyl (C=O) groups is 1. The minimum Gasteiger partial charge on any atom is -0.339 e. The van der Waals surface area contributed by atoms with Crippen molar-refractivity contribution < 1.29 is 17.6 Å². The maximum atomic E-state index is 13.3. The van der Waals surface area contributed by atoms with Gasteiger partial charge >= 0.3 is 0 Å². The van der Waals surface area contributed by atoms with E-state index in [2.05, 4.69) is 10.2 Å².